The smallest absolute Gasteiger partial charge is 0.189 e. The highest BCUT2D eigenvalue weighted by Crippen LogP contribution is 2.36. The maximum atomic E-state index is 14.1. The number of hydrogen-bond donors (Lipinski definition) is 1. The Morgan fingerprint density at radius 2 is 2.29 bits per heavy atom. The Hall–Kier alpha value is -1.13. The summed E-state index contributed by atoms with van der Waals surface area (Å²) >= 11 is 0. The molecule has 92 valence electrons. The predicted molar refractivity (Wildman–Crippen MR) is 61.3 cm³/mol. The maximum absolute atomic E-state index is 14.1. The van der Waals surface area contributed by atoms with Crippen molar-refractivity contribution in [3.05, 3.63) is 29.1 Å². The maximum Gasteiger partial charge on any atom is 0.189 e. The normalized spacial score (nSPS) is 27.6. The molecule has 0 radical (unpaired) electrons. The van der Waals surface area contributed by atoms with Crippen molar-refractivity contribution >= 4 is 0 Å². The highest BCUT2D eigenvalue weighted by Gasteiger charge is 2.33. The van der Waals surface area contributed by atoms with Gasteiger partial charge in [-0.1, -0.05) is 0 Å². The van der Waals surface area contributed by atoms with Crippen LogP contribution in [0, 0.1) is 5.82 Å². The number of fused-ring (bicyclic) bond motifs is 1. The Labute approximate surface area is 99.9 Å². The number of halogens is 1. The van der Waals surface area contributed by atoms with Crippen molar-refractivity contribution in [2.45, 2.75) is 31.9 Å². The zero-order valence-electron chi connectivity index (χ0n) is 9.88. The van der Waals surface area contributed by atoms with Crippen molar-refractivity contribution in [1.82, 2.24) is 5.32 Å². The highest BCUT2D eigenvalue weighted by atomic mass is 19.1. The third-order valence-electron chi connectivity index (χ3n) is 3.67. The SMILES string of the molecule is CC1(c2cc3c(cc2F)COCO3)CCCN1. The summed E-state index contributed by atoms with van der Waals surface area (Å²) in [7, 11) is 0. The van der Waals surface area contributed by atoms with Crippen molar-refractivity contribution < 1.29 is 13.9 Å². The average Bonchev–Trinajstić information content (AvgIpc) is 2.76. The molecule has 1 N–H and O–H groups in total. The van der Waals surface area contributed by atoms with Crippen LogP contribution in [0.15, 0.2) is 12.1 Å². The fourth-order valence-electron chi connectivity index (χ4n) is 2.65. The van der Waals surface area contributed by atoms with E-state index in [9.17, 15) is 4.39 Å². The minimum atomic E-state index is -0.263. The molecule has 1 atom stereocenters. The monoisotopic (exact) mass is 237 g/mol. The lowest BCUT2D eigenvalue weighted by molar-refractivity contribution is -0.0167. The summed E-state index contributed by atoms with van der Waals surface area (Å²) in [6.45, 7) is 3.67. The van der Waals surface area contributed by atoms with Crippen LogP contribution in [0.5, 0.6) is 5.75 Å². The fourth-order valence-corrected chi connectivity index (χ4v) is 2.65. The quantitative estimate of drug-likeness (QED) is 0.813. The molecule has 1 unspecified atom stereocenters. The first-order valence-electron chi connectivity index (χ1n) is 5.97. The van der Waals surface area contributed by atoms with Crippen LogP contribution in [-0.2, 0) is 16.9 Å². The number of ether oxygens (including phenoxy) is 2. The summed E-state index contributed by atoms with van der Waals surface area (Å²) in [5.74, 6) is 0.581. The topological polar surface area (TPSA) is 30.5 Å². The van der Waals surface area contributed by atoms with Crippen LogP contribution in [0.3, 0.4) is 0 Å². The third-order valence-corrected chi connectivity index (χ3v) is 3.67. The van der Waals surface area contributed by atoms with E-state index in [0.717, 1.165) is 30.7 Å². The van der Waals surface area contributed by atoms with Gasteiger partial charge in [-0.25, -0.2) is 4.39 Å². The standard InChI is InChI=1S/C13H16FNO2/c1-13(3-2-4-15-13)10-6-12-9(5-11(10)14)7-16-8-17-12/h5-6,15H,2-4,7-8H2,1H3. The fraction of sp³-hybridized carbons (Fsp3) is 0.538. The Bertz CT molecular complexity index is 441. The lowest BCUT2D eigenvalue weighted by Gasteiger charge is -2.28. The number of nitrogens with one attached hydrogen (secondary N) is 1. The van der Waals surface area contributed by atoms with Crippen LogP contribution >= 0.6 is 0 Å². The van der Waals surface area contributed by atoms with Gasteiger partial charge in [-0.2, -0.15) is 0 Å². The van der Waals surface area contributed by atoms with Crippen molar-refractivity contribution in [2.24, 2.45) is 0 Å². The Morgan fingerprint density at radius 1 is 1.41 bits per heavy atom. The van der Waals surface area contributed by atoms with Crippen LogP contribution in [0.1, 0.15) is 30.9 Å². The van der Waals surface area contributed by atoms with Crippen molar-refractivity contribution in [1.29, 1.82) is 0 Å². The van der Waals surface area contributed by atoms with Gasteiger partial charge >= 0.3 is 0 Å². The van der Waals surface area contributed by atoms with Crippen molar-refractivity contribution in [3.8, 4) is 5.75 Å². The van der Waals surface area contributed by atoms with Gasteiger partial charge in [0.05, 0.1) is 6.61 Å². The number of rotatable bonds is 1. The lowest BCUT2D eigenvalue weighted by Crippen LogP contribution is -2.34. The van der Waals surface area contributed by atoms with Gasteiger partial charge in [0.25, 0.3) is 0 Å². The molecule has 4 heteroatoms. The minimum absolute atomic E-state index is 0.172. The zero-order valence-corrected chi connectivity index (χ0v) is 9.88. The summed E-state index contributed by atoms with van der Waals surface area (Å²) in [6.07, 6.45) is 2.04. The van der Waals surface area contributed by atoms with Gasteiger partial charge in [0.1, 0.15) is 11.6 Å². The molecule has 17 heavy (non-hydrogen) atoms. The van der Waals surface area contributed by atoms with E-state index in [1.807, 2.05) is 13.0 Å². The largest absolute Gasteiger partial charge is 0.467 e. The van der Waals surface area contributed by atoms with E-state index in [4.69, 9.17) is 9.47 Å². The second-order valence-electron chi connectivity index (χ2n) is 4.91. The molecule has 0 bridgehead atoms. The van der Waals surface area contributed by atoms with E-state index < -0.39 is 0 Å². The Morgan fingerprint density at radius 3 is 3.06 bits per heavy atom. The number of hydrogen-bond acceptors (Lipinski definition) is 3. The molecule has 0 saturated carbocycles. The molecule has 0 aliphatic carbocycles. The molecule has 0 spiro atoms. The molecule has 0 amide bonds. The zero-order chi connectivity index (χ0) is 11.9. The van der Waals surface area contributed by atoms with Crippen molar-refractivity contribution in [2.75, 3.05) is 13.3 Å². The molecule has 2 aliphatic rings. The molecule has 1 aromatic rings. The first-order valence-corrected chi connectivity index (χ1v) is 5.97. The van der Waals surface area contributed by atoms with E-state index in [2.05, 4.69) is 5.32 Å². The van der Waals surface area contributed by atoms with Gasteiger partial charge in [-0.15, -0.1) is 0 Å². The first-order chi connectivity index (χ1) is 8.19. The molecule has 2 aliphatic heterocycles. The highest BCUT2D eigenvalue weighted by molar-refractivity contribution is 5.42. The van der Waals surface area contributed by atoms with Crippen LogP contribution < -0.4 is 10.1 Å². The second kappa shape index (κ2) is 3.96. The molecule has 0 aromatic heterocycles. The number of benzene rings is 1. The lowest BCUT2D eigenvalue weighted by atomic mass is 9.89. The van der Waals surface area contributed by atoms with E-state index in [1.54, 1.807) is 0 Å². The summed E-state index contributed by atoms with van der Waals surface area (Å²) in [5, 5.41) is 3.37. The molecule has 3 nitrogen and oxygen atoms in total. The first kappa shape index (κ1) is 11.0. The van der Waals surface area contributed by atoms with E-state index in [-0.39, 0.29) is 18.1 Å². The van der Waals surface area contributed by atoms with Gasteiger partial charge in [-0.3, -0.25) is 0 Å². The minimum Gasteiger partial charge on any atom is -0.467 e. The molecular formula is C13H16FNO2. The molecule has 3 rings (SSSR count). The summed E-state index contributed by atoms with van der Waals surface area (Å²) in [5.41, 5.74) is 1.23. The van der Waals surface area contributed by atoms with Gasteiger partial charge in [0.15, 0.2) is 6.79 Å². The van der Waals surface area contributed by atoms with Crippen LogP contribution in [-0.4, -0.2) is 13.3 Å². The molecule has 1 aromatic carbocycles. The summed E-state index contributed by atoms with van der Waals surface area (Å²) in [6, 6.07) is 3.36. The van der Waals surface area contributed by atoms with Gasteiger partial charge in [0.2, 0.25) is 0 Å². The Balaban J connectivity index is 2.04. The third kappa shape index (κ3) is 1.81. The van der Waals surface area contributed by atoms with E-state index in [1.165, 1.54) is 6.07 Å². The van der Waals surface area contributed by atoms with Gasteiger partial charge in [0, 0.05) is 16.7 Å². The van der Waals surface area contributed by atoms with E-state index >= 15 is 0 Å². The molecule has 2 heterocycles. The second-order valence-corrected chi connectivity index (χ2v) is 4.91. The van der Waals surface area contributed by atoms with E-state index in [0.29, 0.717) is 12.2 Å². The predicted octanol–water partition coefficient (Wildman–Crippen LogP) is 2.29. The van der Waals surface area contributed by atoms with Crippen LogP contribution in [0.2, 0.25) is 0 Å². The molecule has 1 fully saturated rings. The summed E-state index contributed by atoms with van der Waals surface area (Å²) in [4.78, 5) is 0. The van der Waals surface area contributed by atoms with Crippen LogP contribution in [0.4, 0.5) is 4.39 Å². The molecular weight excluding hydrogens is 221 g/mol. The van der Waals surface area contributed by atoms with Gasteiger partial charge in [-0.05, 0) is 38.4 Å². The Kier molecular flexibility index (Phi) is 2.56. The van der Waals surface area contributed by atoms with Crippen LogP contribution in [0.25, 0.3) is 0 Å². The molecule has 1 saturated heterocycles. The van der Waals surface area contributed by atoms with Crippen molar-refractivity contribution in [3.63, 3.8) is 0 Å². The van der Waals surface area contributed by atoms with Gasteiger partial charge < -0.3 is 14.8 Å². The summed E-state index contributed by atoms with van der Waals surface area (Å²) < 4.78 is 24.7. The average molecular weight is 237 g/mol.